The van der Waals surface area contributed by atoms with E-state index in [-0.39, 0.29) is 35.5 Å². The fourth-order valence-electron chi connectivity index (χ4n) is 7.32. The molecule has 1 saturated carbocycles. The quantitative estimate of drug-likeness (QED) is 0.518. The Morgan fingerprint density at radius 1 is 1.18 bits per heavy atom. The van der Waals surface area contributed by atoms with Crippen LogP contribution in [0.1, 0.15) is 46.0 Å². The third kappa shape index (κ3) is 4.46. The van der Waals surface area contributed by atoms with Crippen LogP contribution in [0.2, 0.25) is 5.02 Å². The lowest BCUT2D eigenvalue weighted by Gasteiger charge is -2.38. The Kier molecular flexibility index (Phi) is 6.96. The Balaban J connectivity index is 1.29. The van der Waals surface area contributed by atoms with Crippen molar-refractivity contribution < 1.29 is 28.2 Å². The molecule has 10 heteroatoms. The Labute approximate surface area is 232 Å². The van der Waals surface area contributed by atoms with Gasteiger partial charge in [0.1, 0.15) is 17.5 Å². The highest BCUT2D eigenvalue weighted by Gasteiger charge is 2.73. The van der Waals surface area contributed by atoms with Gasteiger partial charge in [0.25, 0.3) is 0 Å². The normalized spacial score (nSPS) is 38.8. The molecule has 1 spiro atoms. The lowest BCUT2D eigenvalue weighted by atomic mass is 9.73. The number of nitrogens with zero attached hydrogens (tertiary/aromatic N) is 1. The van der Waals surface area contributed by atoms with Gasteiger partial charge in [-0.05, 0) is 49.3 Å². The average molecular weight is 560 g/mol. The predicted octanol–water partition coefficient (Wildman–Crippen LogP) is 3.69. The second kappa shape index (κ2) is 10.2. The van der Waals surface area contributed by atoms with Crippen LogP contribution in [0.15, 0.2) is 30.4 Å². The van der Waals surface area contributed by atoms with Crippen LogP contribution >= 0.6 is 11.6 Å². The predicted molar refractivity (Wildman–Crippen MR) is 142 cm³/mol. The second-order valence-corrected chi connectivity index (χ2v) is 12.2. The van der Waals surface area contributed by atoms with E-state index in [4.69, 9.17) is 21.1 Å². The van der Waals surface area contributed by atoms with Gasteiger partial charge < -0.3 is 25.0 Å². The van der Waals surface area contributed by atoms with E-state index in [1.807, 2.05) is 6.08 Å². The molecule has 39 heavy (non-hydrogen) atoms. The first-order valence-corrected chi connectivity index (χ1v) is 14.4. The summed E-state index contributed by atoms with van der Waals surface area (Å²) < 4.78 is 25.9. The van der Waals surface area contributed by atoms with E-state index in [2.05, 4.69) is 24.5 Å². The molecule has 2 N–H and O–H groups in total. The van der Waals surface area contributed by atoms with Gasteiger partial charge in [0.05, 0.1) is 29.1 Å². The van der Waals surface area contributed by atoms with Gasteiger partial charge in [-0.3, -0.25) is 14.4 Å². The van der Waals surface area contributed by atoms with E-state index in [0.717, 1.165) is 32.1 Å². The minimum Gasteiger partial charge on any atom is -0.376 e. The summed E-state index contributed by atoms with van der Waals surface area (Å²) in [5.41, 5.74) is -0.917. The van der Waals surface area contributed by atoms with Crippen molar-refractivity contribution >= 4 is 35.0 Å². The number of carbonyl (C=O) groups is 3. The minimum atomic E-state index is -1.24. The zero-order chi connectivity index (χ0) is 27.5. The maximum Gasteiger partial charge on any atom is 0.246 e. The summed E-state index contributed by atoms with van der Waals surface area (Å²) >= 11 is 5.91. The van der Waals surface area contributed by atoms with Crippen LogP contribution in [0.25, 0.3) is 0 Å². The Bertz CT molecular complexity index is 1210. The second-order valence-electron chi connectivity index (χ2n) is 11.8. The Morgan fingerprint density at radius 2 is 2.00 bits per heavy atom. The number of amides is 3. The van der Waals surface area contributed by atoms with Crippen LogP contribution in [0.3, 0.4) is 0 Å². The van der Waals surface area contributed by atoms with E-state index < -0.39 is 41.3 Å². The van der Waals surface area contributed by atoms with Crippen molar-refractivity contribution in [2.24, 2.45) is 23.7 Å². The molecule has 6 rings (SSSR count). The summed E-state index contributed by atoms with van der Waals surface area (Å²) in [4.78, 5) is 43.3. The molecular formula is C29H35ClFN3O5. The number of ether oxygens (including phenoxy) is 2. The number of nitrogens with one attached hydrogen (secondary N) is 2. The molecule has 0 aromatic heterocycles. The van der Waals surface area contributed by atoms with Crippen molar-refractivity contribution in [1.29, 1.82) is 0 Å². The smallest absolute Gasteiger partial charge is 0.246 e. The van der Waals surface area contributed by atoms with E-state index in [0.29, 0.717) is 24.1 Å². The highest BCUT2D eigenvalue weighted by Crippen LogP contribution is 2.55. The molecule has 4 heterocycles. The average Bonchev–Trinajstić information content (AvgIpc) is 3.67. The van der Waals surface area contributed by atoms with Gasteiger partial charge in [-0.2, -0.15) is 0 Å². The highest BCUT2D eigenvalue weighted by atomic mass is 35.5. The van der Waals surface area contributed by atoms with Crippen LogP contribution in [0.4, 0.5) is 10.1 Å². The maximum absolute atomic E-state index is 14.1. The summed E-state index contributed by atoms with van der Waals surface area (Å²) in [5, 5.41) is 5.92. The molecule has 9 atom stereocenters. The first-order chi connectivity index (χ1) is 18.7. The van der Waals surface area contributed by atoms with Crippen molar-refractivity contribution in [2.45, 2.75) is 75.8 Å². The molecule has 1 aromatic carbocycles. The highest BCUT2D eigenvalue weighted by molar-refractivity contribution is 6.31. The molecule has 9 unspecified atom stereocenters. The fourth-order valence-corrected chi connectivity index (χ4v) is 7.50. The molecule has 2 bridgehead atoms. The molecule has 1 aromatic rings. The van der Waals surface area contributed by atoms with Crippen molar-refractivity contribution in [3.63, 3.8) is 0 Å². The molecule has 1 aliphatic carbocycles. The standard InChI is InChI=1S/C29H35ClFN3O5/c1-15-5-3-7-21(16(15)2)33-27(36)25-29-11-10-22(39-29)23(26(35)32-17-8-9-20(31)19(30)13-17)24(29)28(37)34(25)14-18-6-4-12-38-18/h8-11,13,15-16,18,21-25H,3-7,12,14H2,1-2H3,(H,32,35)(H,33,36). The summed E-state index contributed by atoms with van der Waals surface area (Å²) in [7, 11) is 0. The summed E-state index contributed by atoms with van der Waals surface area (Å²) in [6.07, 6.45) is 7.56. The van der Waals surface area contributed by atoms with E-state index in [9.17, 15) is 18.8 Å². The molecule has 3 amide bonds. The molecule has 4 aliphatic heterocycles. The van der Waals surface area contributed by atoms with Gasteiger partial charge in [-0.15, -0.1) is 0 Å². The van der Waals surface area contributed by atoms with Crippen LogP contribution in [0.5, 0.6) is 0 Å². The molecular weight excluding hydrogens is 525 g/mol. The number of likely N-dealkylation sites (tertiary alicyclic amines) is 1. The maximum atomic E-state index is 14.1. The topological polar surface area (TPSA) is 97.0 Å². The number of benzene rings is 1. The van der Waals surface area contributed by atoms with Crippen molar-refractivity contribution in [3.05, 3.63) is 41.2 Å². The fraction of sp³-hybridized carbons (Fsp3) is 0.621. The van der Waals surface area contributed by atoms with Crippen molar-refractivity contribution in [3.8, 4) is 0 Å². The van der Waals surface area contributed by atoms with Gasteiger partial charge in [0.15, 0.2) is 0 Å². The molecule has 210 valence electrons. The monoisotopic (exact) mass is 559 g/mol. The largest absolute Gasteiger partial charge is 0.376 e. The van der Waals surface area contributed by atoms with E-state index in [1.54, 1.807) is 11.0 Å². The van der Waals surface area contributed by atoms with Gasteiger partial charge in [0.2, 0.25) is 17.7 Å². The third-order valence-corrected chi connectivity index (χ3v) is 9.86. The number of hydrogen-bond donors (Lipinski definition) is 2. The van der Waals surface area contributed by atoms with Gasteiger partial charge in [-0.25, -0.2) is 4.39 Å². The van der Waals surface area contributed by atoms with E-state index in [1.165, 1.54) is 18.2 Å². The Hall–Kier alpha value is -2.49. The number of fused-ring (bicyclic) bond motifs is 1. The van der Waals surface area contributed by atoms with Gasteiger partial charge >= 0.3 is 0 Å². The first kappa shape index (κ1) is 26.7. The number of rotatable bonds is 6. The zero-order valence-electron chi connectivity index (χ0n) is 22.2. The number of carbonyl (C=O) groups excluding carboxylic acids is 3. The van der Waals surface area contributed by atoms with Gasteiger partial charge in [0, 0.05) is 24.9 Å². The van der Waals surface area contributed by atoms with Crippen LogP contribution in [-0.4, -0.2) is 65.7 Å². The first-order valence-electron chi connectivity index (χ1n) is 14.0. The number of hydrogen-bond acceptors (Lipinski definition) is 5. The van der Waals surface area contributed by atoms with Crippen LogP contribution < -0.4 is 10.6 Å². The van der Waals surface area contributed by atoms with Crippen LogP contribution in [-0.2, 0) is 23.9 Å². The number of halogens is 2. The van der Waals surface area contributed by atoms with E-state index >= 15 is 0 Å². The molecule has 8 nitrogen and oxygen atoms in total. The number of anilines is 1. The van der Waals surface area contributed by atoms with Gasteiger partial charge in [-0.1, -0.05) is 50.4 Å². The zero-order valence-corrected chi connectivity index (χ0v) is 23.0. The van der Waals surface area contributed by atoms with Crippen LogP contribution in [0, 0.1) is 29.5 Å². The minimum absolute atomic E-state index is 0.0151. The van der Waals surface area contributed by atoms with Crippen molar-refractivity contribution in [1.82, 2.24) is 10.2 Å². The molecule has 0 radical (unpaired) electrons. The lowest BCUT2D eigenvalue weighted by Crippen LogP contribution is -2.58. The molecule has 3 saturated heterocycles. The van der Waals surface area contributed by atoms with Crippen molar-refractivity contribution in [2.75, 3.05) is 18.5 Å². The molecule has 4 fully saturated rings. The summed E-state index contributed by atoms with van der Waals surface area (Å²) in [6, 6.07) is 3.04. The molecule has 5 aliphatic rings. The SMILES string of the molecule is CC1CCCC(NC(=O)C2N(CC3CCCO3)C(=O)C3C(C(=O)Nc4ccc(F)c(Cl)c4)C4C=CC32O4)C1C. The summed E-state index contributed by atoms with van der Waals surface area (Å²) in [5.74, 6) is -2.43. The lowest BCUT2D eigenvalue weighted by molar-refractivity contribution is -0.143. The Morgan fingerprint density at radius 3 is 2.74 bits per heavy atom. The third-order valence-electron chi connectivity index (χ3n) is 9.57. The summed E-state index contributed by atoms with van der Waals surface area (Å²) in [6.45, 7) is 5.27.